The summed E-state index contributed by atoms with van der Waals surface area (Å²) in [5.74, 6) is 1.82. The minimum Gasteiger partial charge on any atom is -0.456 e. The van der Waals surface area contributed by atoms with Crippen LogP contribution in [0.2, 0.25) is 0 Å². The Morgan fingerprint density at radius 1 is 0.304 bits per heavy atom. The zero-order valence-electron chi connectivity index (χ0n) is 30.4. The van der Waals surface area contributed by atoms with Crippen LogP contribution in [-0.4, -0.2) is 0 Å². The van der Waals surface area contributed by atoms with E-state index in [1.165, 1.54) is 105 Å². The van der Waals surface area contributed by atoms with E-state index in [9.17, 15) is 0 Å². The summed E-state index contributed by atoms with van der Waals surface area (Å²) < 4.78 is 6.53. The zero-order chi connectivity index (χ0) is 36.5. The number of para-hydroxylation sites is 1. The minimum atomic E-state index is -0.502. The van der Waals surface area contributed by atoms with Crippen molar-refractivity contribution in [3.8, 4) is 67.1 Å². The predicted molar refractivity (Wildman–Crippen MR) is 232 cm³/mol. The second-order valence-corrected chi connectivity index (χ2v) is 15.5. The zero-order valence-corrected chi connectivity index (χ0v) is 30.4. The maximum absolute atomic E-state index is 6.53. The summed E-state index contributed by atoms with van der Waals surface area (Å²) in [6.45, 7) is 0. The maximum Gasteiger partial charge on any atom is 0.135 e. The van der Waals surface area contributed by atoms with Crippen LogP contribution in [0.4, 0.5) is 0 Å². The lowest BCUT2D eigenvalue weighted by Crippen LogP contribution is -2.26. The summed E-state index contributed by atoms with van der Waals surface area (Å²) in [4.78, 5) is 0. The summed E-state index contributed by atoms with van der Waals surface area (Å²) in [6.07, 6.45) is 0. The van der Waals surface area contributed by atoms with Gasteiger partial charge in [0.15, 0.2) is 0 Å². The number of hydrogen-bond acceptors (Lipinski definition) is 1. The second-order valence-electron chi connectivity index (χ2n) is 15.5. The van der Waals surface area contributed by atoms with Crippen LogP contribution in [0.3, 0.4) is 0 Å². The SMILES string of the molecule is c1ccc2c(c1)Oc1ccc(-c3ccc4c(c3)C3(c5ccccc5-c5ccccc53)c3cc5ccccc5c(-c5ccc6ccccc6c5)c3-4)c3cccc-2c13. The van der Waals surface area contributed by atoms with Gasteiger partial charge in [0.1, 0.15) is 11.5 Å². The van der Waals surface area contributed by atoms with Crippen molar-refractivity contribution >= 4 is 32.3 Å². The van der Waals surface area contributed by atoms with Crippen LogP contribution >= 0.6 is 0 Å². The molecule has 0 saturated carbocycles. The van der Waals surface area contributed by atoms with E-state index in [1.807, 2.05) is 6.07 Å². The molecule has 3 aliphatic rings. The number of rotatable bonds is 2. The van der Waals surface area contributed by atoms with Gasteiger partial charge in [-0.25, -0.2) is 0 Å². The van der Waals surface area contributed by atoms with E-state index in [1.54, 1.807) is 0 Å². The Morgan fingerprint density at radius 2 is 0.946 bits per heavy atom. The van der Waals surface area contributed by atoms with E-state index < -0.39 is 5.41 Å². The number of hydrogen-bond donors (Lipinski definition) is 0. The number of benzene rings is 10. The van der Waals surface area contributed by atoms with Crippen LogP contribution in [0.5, 0.6) is 11.5 Å². The summed E-state index contributed by atoms with van der Waals surface area (Å²) in [5, 5.41) is 7.41. The molecule has 2 aliphatic carbocycles. The van der Waals surface area contributed by atoms with Crippen LogP contribution in [0.25, 0.3) is 88.0 Å². The standard InChI is InChI=1S/C55H32O/c1-2-13-34-30-37(25-24-33(34)12-1)52-39-15-4-3-14-35(39)32-49-54(52)45-27-26-36(31-48(45)55(49)46-21-8-5-16-40(46)41-17-6-9-22-47(41)55)38-28-29-51-53-43(38)19-11-20-44(53)42-18-7-10-23-50(42)56-51/h1-32H. The van der Waals surface area contributed by atoms with E-state index in [4.69, 9.17) is 4.74 Å². The topological polar surface area (TPSA) is 9.23 Å². The Morgan fingerprint density at radius 3 is 1.79 bits per heavy atom. The molecule has 0 amide bonds. The molecular weight excluding hydrogens is 677 g/mol. The molecule has 0 N–H and O–H groups in total. The predicted octanol–water partition coefficient (Wildman–Crippen LogP) is 14.6. The molecule has 1 heterocycles. The van der Waals surface area contributed by atoms with Crippen molar-refractivity contribution in [2.75, 3.05) is 0 Å². The summed E-state index contributed by atoms with van der Waals surface area (Å²) in [6, 6.07) is 72.2. The molecule has 0 fully saturated rings. The molecule has 0 saturated heterocycles. The second kappa shape index (κ2) is 10.9. The molecule has 0 atom stereocenters. The molecule has 1 aliphatic heterocycles. The molecule has 56 heavy (non-hydrogen) atoms. The average Bonchev–Trinajstić information content (AvgIpc) is 3.72. The molecule has 1 heteroatoms. The van der Waals surface area contributed by atoms with Crippen LogP contribution in [-0.2, 0) is 5.41 Å². The lowest BCUT2D eigenvalue weighted by Gasteiger charge is -2.31. The van der Waals surface area contributed by atoms with E-state index in [-0.39, 0.29) is 0 Å². The minimum absolute atomic E-state index is 0.502. The van der Waals surface area contributed by atoms with Crippen molar-refractivity contribution in [3.63, 3.8) is 0 Å². The Kier molecular flexibility index (Phi) is 5.89. The first-order valence-corrected chi connectivity index (χ1v) is 19.5. The molecule has 0 radical (unpaired) electrons. The van der Waals surface area contributed by atoms with Gasteiger partial charge in [0.05, 0.1) is 5.41 Å². The normalized spacial score (nSPS) is 13.6. The molecule has 10 aromatic rings. The number of fused-ring (bicyclic) bond motifs is 14. The third kappa shape index (κ3) is 3.79. The van der Waals surface area contributed by atoms with Crippen molar-refractivity contribution in [1.29, 1.82) is 0 Å². The van der Waals surface area contributed by atoms with Gasteiger partial charge in [-0.2, -0.15) is 0 Å². The van der Waals surface area contributed by atoms with Crippen LogP contribution < -0.4 is 4.74 Å². The van der Waals surface area contributed by atoms with Gasteiger partial charge in [-0.1, -0.05) is 164 Å². The molecule has 0 aromatic heterocycles. The molecule has 258 valence electrons. The van der Waals surface area contributed by atoms with Crippen LogP contribution in [0, 0.1) is 0 Å². The average molecular weight is 709 g/mol. The largest absolute Gasteiger partial charge is 0.456 e. The van der Waals surface area contributed by atoms with Gasteiger partial charge in [-0.15, -0.1) is 0 Å². The fraction of sp³-hybridized carbons (Fsp3) is 0.0182. The van der Waals surface area contributed by atoms with E-state index in [0.717, 1.165) is 17.1 Å². The highest BCUT2D eigenvalue weighted by Crippen LogP contribution is 2.65. The lowest BCUT2D eigenvalue weighted by atomic mass is 9.69. The van der Waals surface area contributed by atoms with Crippen molar-refractivity contribution in [2.45, 2.75) is 5.41 Å². The summed E-state index contributed by atoms with van der Waals surface area (Å²) in [7, 11) is 0. The van der Waals surface area contributed by atoms with Gasteiger partial charge in [-0.05, 0) is 130 Å². The van der Waals surface area contributed by atoms with Gasteiger partial charge < -0.3 is 4.74 Å². The van der Waals surface area contributed by atoms with E-state index in [2.05, 4.69) is 188 Å². The molecule has 0 unspecified atom stereocenters. The van der Waals surface area contributed by atoms with Gasteiger partial charge in [0.25, 0.3) is 0 Å². The quantitative estimate of drug-likeness (QED) is 0.174. The molecule has 1 nitrogen and oxygen atoms in total. The van der Waals surface area contributed by atoms with Gasteiger partial charge in [0, 0.05) is 10.9 Å². The summed E-state index contributed by atoms with van der Waals surface area (Å²) in [5.41, 5.74) is 17.4. The highest BCUT2D eigenvalue weighted by Gasteiger charge is 2.52. The van der Waals surface area contributed by atoms with E-state index in [0.29, 0.717) is 0 Å². The van der Waals surface area contributed by atoms with Crippen molar-refractivity contribution in [3.05, 3.63) is 216 Å². The van der Waals surface area contributed by atoms with Crippen LogP contribution in [0.1, 0.15) is 22.3 Å². The number of ether oxygens (including phenoxy) is 1. The Balaban J connectivity index is 1.15. The Hall–Kier alpha value is -7.22. The van der Waals surface area contributed by atoms with E-state index >= 15 is 0 Å². The lowest BCUT2D eigenvalue weighted by molar-refractivity contribution is 0.487. The first-order valence-electron chi connectivity index (χ1n) is 19.5. The Bertz CT molecular complexity index is 3300. The van der Waals surface area contributed by atoms with Crippen molar-refractivity contribution < 1.29 is 4.74 Å². The molecular formula is C55H32O. The Labute approximate surface area is 324 Å². The van der Waals surface area contributed by atoms with Gasteiger partial charge >= 0.3 is 0 Å². The fourth-order valence-corrected chi connectivity index (χ4v) is 10.6. The highest BCUT2D eigenvalue weighted by molar-refractivity contribution is 6.13. The smallest absolute Gasteiger partial charge is 0.135 e. The van der Waals surface area contributed by atoms with Crippen molar-refractivity contribution in [2.24, 2.45) is 0 Å². The van der Waals surface area contributed by atoms with Crippen LogP contribution in [0.15, 0.2) is 194 Å². The maximum atomic E-state index is 6.53. The summed E-state index contributed by atoms with van der Waals surface area (Å²) >= 11 is 0. The van der Waals surface area contributed by atoms with Gasteiger partial charge in [0.2, 0.25) is 0 Å². The first-order chi connectivity index (χ1) is 27.8. The molecule has 0 bridgehead atoms. The first kappa shape index (κ1) is 30.1. The van der Waals surface area contributed by atoms with Gasteiger partial charge in [-0.3, -0.25) is 0 Å². The third-order valence-electron chi connectivity index (χ3n) is 12.8. The highest BCUT2D eigenvalue weighted by atomic mass is 16.5. The third-order valence-corrected chi connectivity index (χ3v) is 12.8. The fourth-order valence-electron chi connectivity index (χ4n) is 10.6. The molecule has 10 aromatic carbocycles. The van der Waals surface area contributed by atoms with Crippen molar-refractivity contribution in [1.82, 2.24) is 0 Å². The molecule has 1 spiro atoms. The monoisotopic (exact) mass is 708 g/mol. The molecule has 13 rings (SSSR count).